The Morgan fingerprint density at radius 1 is 1.37 bits per heavy atom. The van der Waals surface area contributed by atoms with Crippen LogP contribution in [0.25, 0.3) is 11.5 Å². The molecule has 100 valence electrons. The lowest BCUT2D eigenvalue weighted by atomic mass is 10.1. The summed E-state index contributed by atoms with van der Waals surface area (Å²) in [6.07, 6.45) is 0.948. The molecule has 1 aromatic carbocycles. The predicted molar refractivity (Wildman–Crippen MR) is 69.2 cm³/mol. The number of hydrogen-bond donors (Lipinski definition) is 0. The number of ether oxygens (including phenoxy) is 2. The molecule has 1 fully saturated rings. The number of methoxy groups -OCH3 is 1. The summed E-state index contributed by atoms with van der Waals surface area (Å²) in [6.45, 7) is 3.46. The van der Waals surface area contributed by atoms with E-state index in [1.54, 1.807) is 7.11 Å². The second-order valence-corrected chi connectivity index (χ2v) is 4.72. The standard InChI is InChI=1S/C14H16N2O3/c1-9-3-4-12(17-2)11(7-9)14-15-13(16-19-14)10-5-6-18-8-10/h3-4,7,10H,5-6,8H2,1-2H3/t10-/m0/s1. The van der Waals surface area contributed by atoms with Crippen LogP contribution >= 0.6 is 0 Å². The summed E-state index contributed by atoms with van der Waals surface area (Å²) in [4.78, 5) is 4.47. The highest BCUT2D eigenvalue weighted by Gasteiger charge is 2.24. The van der Waals surface area contributed by atoms with Crippen LogP contribution in [0.4, 0.5) is 0 Å². The first-order valence-corrected chi connectivity index (χ1v) is 6.34. The quantitative estimate of drug-likeness (QED) is 0.848. The molecule has 1 aliphatic rings. The summed E-state index contributed by atoms with van der Waals surface area (Å²) in [5.74, 6) is 2.20. The van der Waals surface area contributed by atoms with Crippen molar-refractivity contribution in [1.29, 1.82) is 0 Å². The Morgan fingerprint density at radius 3 is 3.00 bits per heavy atom. The Morgan fingerprint density at radius 2 is 2.26 bits per heavy atom. The lowest BCUT2D eigenvalue weighted by molar-refractivity contribution is 0.192. The van der Waals surface area contributed by atoms with Crippen molar-refractivity contribution in [3.05, 3.63) is 29.6 Å². The molecule has 0 bridgehead atoms. The lowest BCUT2D eigenvalue weighted by Crippen LogP contribution is -1.99. The summed E-state index contributed by atoms with van der Waals surface area (Å²) in [7, 11) is 1.64. The Kier molecular flexibility index (Phi) is 3.21. The van der Waals surface area contributed by atoms with Crippen molar-refractivity contribution in [1.82, 2.24) is 10.1 Å². The fraction of sp³-hybridized carbons (Fsp3) is 0.429. The van der Waals surface area contributed by atoms with Crippen LogP contribution < -0.4 is 4.74 Å². The van der Waals surface area contributed by atoms with Crippen molar-refractivity contribution in [3.63, 3.8) is 0 Å². The normalized spacial score (nSPS) is 18.7. The molecule has 2 aromatic rings. The number of rotatable bonds is 3. The number of aromatic nitrogens is 2. The van der Waals surface area contributed by atoms with Gasteiger partial charge in [0.25, 0.3) is 5.89 Å². The van der Waals surface area contributed by atoms with E-state index in [4.69, 9.17) is 14.0 Å². The Labute approximate surface area is 111 Å². The van der Waals surface area contributed by atoms with E-state index in [0.29, 0.717) is 12.5 Å². The molecule has 0 amide bonds. The second-order valence-electron chi connectivity index (χ2n) is 4.72. The van der Waals surface area contributed by atoms with E-state index in [-0.39, 0.29) is 5.92 Å². The molecule has 1 atom stereocenters. The van der Waals surface area contributed by atoms with Crippen molar-refractivity contribution < 1.29 is 14.0 Å². The molecule has 0 saturated carbocycles. The minimum absolute atomic E-state index is 0.244. The monoisotopic (exact) mass is 260 g/mol. The number of hydrogen-bond acceptors (Lipinski definition) is 5. The van der Waals surface area contributed by atoms with E-state index in [9.17, 15) is 0 Å². The zero-order valence-corrected chi connectivity index (χ0v) is 11.0. The van der Waals surface area contributed by atoms with Crippen molar-refractivity contribution in [3.8, 4) is 17.2 Å². The van der Waals surface area contributed by atoms with Gasteiger partial charge in [-0.05, 0) is 25.5 Å². The highest BCUT2D eigenvalue weighted by atomic mass is 16.5. The van der Waals surface area contributed by atoms with Gasteiger partial charge in [-0.25, -0.2) is 0 Å². The number of nitrogens with zero attached hydrogens (tertiary/aromatic N) is 2. The largest absolute Gasteiger partial charge is 0.496 e. The zero-order valence-electron chi connectivity index (χ0n) is 11.0. The second kappa shape index (κ2) is 5.01. The Hall–Kier alpha value is -1.88. The molecule has 1 saturated heterocycles. The number of benzene rings is 1. The molecular weight excluding hydrogens is 244 g/mol. The molecule has 5 nitrogen and oxygen atoms in total. The maximum Gasteiger partial charge on any atom is 0.261 e. The molecule has 2 heterocycles. The fourth-order valence-electron chi connectivity index (χ4n) is 2.24. The van der Waals surface area contributed by atoms with Crippen LogP contribution in [0.15, 0.2) is 22.7 Å². The summed E-state index contributed by atoms with van der Waals surface area (Å²) in [5.41, 5.74) is 1.96. The van der Waals surface area contributed by atoms with Gasteiger partial charge in [0.05, 0.1) is 19.3 Å². The maximum atomic E-state index is 5.36. The van der Waals surface area contributed by atoms with E-state index in [0.717, 1.165) is 35.7 Å². The molecule has 0 spiro atoms. The van der Waals surface area contributed by atoms with Crippen LogP contribution in [-0.4, -0.2) is 30.5 Å². The van der Waals surface area contributed by atoms with Crippen LogP contribution in [0.2, 0.25) is 0 Å². The highest BCUT2D eigenvalue weighted by Crippen LogP contribution is 2.31. The minimum Gasteiger partial charge on any atom is -0.496 e. The smallest absolute Gasteiger partial charge is 0.261 e. The molecule has 19 heavy (non-hydrogen) atoms. The van der Waals surface area contributed by atoms with Crippen LogP contribution in [0.1, 0.15) is 23.7 Å². The molecular formula is C14H16N2O3. The van der Waals surface area contributed by atoms with Gasteiger partial charge in [0.2, 0.25) is 0 Å². The van der Waals surface area contributed by atoms with Gasteiger partial charge in [0.1, 0.15) is 5.75 Å². The molecule has 1 aliphatic heterocycles. The molecule has 1 aromatic heterocycles. The van der Waals surface area contributed by atoms with Crippen molar-refractivity contribution in [2.45, 2.75) is 19.3 Å². The van der Waals surface area contributed by atoms with Gasteiger partial charge in [0, 0.05) is 12.5 Å². The van der Waals surface area contributed by atoms with Crippen molar-refractivity contribution >= 4 is 0 Å². The third kappa shape index (κ3) is 2.33. The van der Waals surface area contributed by atoms with Crippen LogP contribution in [-0.2, 0) is 4.74 Å². The summed E-state index contributed by atoms with van der Waals surface area (Å²) in [5, 5.41) is 4.06. The molecule has 3 rings (SSSR count). The summed E-state index contributed by atoms with van der Waals surface area (Å²) in [6, 6.07) is 5.89. The highest BCUT2D eigenvalue weighted by molar-refractivity contribution is 5.63. The van der Waals surface area contributed by atoms with Gasteiger partial charge < -0.3 is 14.0 Å². The fourth-order valence-corrected chi connectivity index (χ4v) is 2.24. The molecule has 0 aliphatic carbocycles. The SMILES string of the molecule is COc1ccc(C)cc1-c1nc([C@H]2CCOC2)no1. The Bertz CT molecular complexity index is 574. The van der Waals surface area contributed by atoms with E-state index in [2.05, 4.69) is 10.1 Å². The van der Waals surface area contributed by atoms with Crippen LogP contribution in [0, 0.1) is 6.92 Å². The van der Waals surface area contributed by atoms with E-state index < -0.39 is 0 Å². The molecule has 0 unspecified atom stereocenters. The average Bonchev–Trinajstić information content (AvgIpc) is 3.09. The predicted octanol–water partition coefficient (Wildman–Crippen LogP) is 2.56. The van der Waals surface area contributed by atoms with Gasteiger partial charge in [-0.1, -0.05) is 16.8 Å². The lowest BCUT2D eigenvalue weighted by Gasteiger charge is -2.05. The van der Waals surface area contributed by atoms with Gasteiger partial charge in [0.15, 0.2) is 5.82 Å². The van der Waals surface area contributed by atoms with Gasteiger partial charge in [-0.2, -0.15) is 4.98 Å². The molecule has 0 N–H and O–H groups in total. The first-order valence-electron chi connectivity index (χ1n) is 6.34. The van der Waals surface area contributed by atoms with Gasteiger partial charge in [-0.15, -0.1) is 0 Å². The van der Waals surface area contributed by atoms with E-state index in [1.165, 1.54) is 0 Å². The van der Waals surface area contributed by atoms with Crippen molar-refractivity contribution in [2.24, 2.45) is 0 Å². The maximum absolute atomic E-state index is 5.36. The van der Waals surface area contributed by atoms with Gasteiger partial charge in [-0.3, -0.25) is 0 Å². The third-order valence-electron chi connectivity index (χ3n) is 3.32. The summed E-state index contributed by atoms with van der Waals surface area (Å²) < 4.78 is 16.0. The van der Waals surface area contributed by atoms with Crippen LogP contribution in [0.3, 0.4) is 0 Å². The Balaban J connectivity index is 1.95. The summed E-state index contributed by atoms with van der Waals surface area (Å²) >= 11 is 0. The topological polar surface area (TPSA) is 57.4 Å². The first kappa shape index (κ1) is 12.2. The average molecular weight is 260 g/mol. The van der Waals surface area contributed by atoms with Crippen LogP contribution in [0.5, 0.6) is 5.75 Å². The number of aryl methyl sites for hydroxylation is 1. The van der Waals surface area contributed by atoms with E-state index in [1.807, 2.05) is 25.1 Å². The van der Waals surface area contributed by atoms with E-state index >= 15 is 0 Å². The molecule has 5 heteroatoms. The minimum atomic E-state index is 0.244. The first-order chi connectivity index (χ1) is 9.28. The zero-order chi connectivity index (χ0) is 13.2. The molecule has 0 radical (unpaired) electrons. The van der Waals surface area contributed by atoms with Gasteiger partial charge >= 0.3 is 0 Å². The van der Waals surface area contributed by atoms with Crippen molar-refractivity contribution in [2.75, 3.05) is 20.3 Å². The third-order valence-corrected chi connectivity index (χ3v) is 3.32.